The number of hydrogen-bond acceptors (Lipinski definition) is 4. The molecule has 0 aliphatic heterocycles. The summed E-state index contributed by atoms with van der Waals surface area (Å²) in [4.78, 5) is 16.7. The van der Waals surface area contributed by atoms with E-state index in [1.54, 1.807) is 11.8 Å². The van der Waals surface area contributed by atoms with E-state index in [1.807, 2.05) is 42.8 Å². The molecule has 2 rings (SSSR count). The molecule has 1 N–H and O–H groups in total. The fourth-order valence-corrected chi connectivity index (χ4v) is 3.52. The maximum atomic E-state index is 12.2. The van der Waals surface area contributed by atoms with Gasteiger partial charge in [0.2, 0.25) is 0 Å². The Hall–Kier alpha value is -1.04. The van der Waals surface area contributed by atoms with E-state index < -0.39 is 0 Å². The zero-order valence-electron chi connectivity index (χ0n) is 11.9. The quantitative estimate of drug-likeness (QED) is 0.807. The molecule has 0 spiro atoms. The first-order chi connectivity index (χ1) is 10.1. The van der Waals surface area contributed by atoms with Gasteiger partial charge in [-0.05, 0) is 25.3 Å². The molecule has 0 fully saturated rings. The van der Waals surface area contributed by atoms with Gasteiger partial charge >= 0.3 is 0 Å². The Morgan fingerprint density at radius 2 is 2.33 bits per heavy atom. The molecule has 0 saturated carbocycles. The highest BCUT2D eigenvalue weighted by Gasteiger charge is 2.11. The van der Waals surface area contributed by atoms with Gasteiger partial charge in [0, 0.05) is 28.3 Å². The van der Waals surface area contributed by atoms with Crippen LogP contribution in [0.15, 0.2) is 29.6 Å². The molecule has 6 heteroatoms. The Morgan fingerprint density at radius 1 is 1.52 bits per heavy atom. The molecule has 0 aliphatic rings. The summed E-state index contributed by atoms with van der Waals surface area (Å²) in [5.41, 5.74) is 2.46. The fourth-order valence-electron chi connectivity index (χ4n) is 1.89. The van der Waals surface area contributed by atoms with E-state index in [1.165, 1.54) is 11.3 Å². The maximum absolute atomic E-state index is 12.2. The highest BCUT2D eigenvalue weighted by Crippen LogP contribution is 2.25. The van der Waals surface area contributed by atoms with Crippen molar-refractivity contribution in [3.63, 3.8) is 0 Å². The minimum atomic E-state index is -0.0486. The number of thioether (sulfide) groups is 1. The number of nitrogens with zero attached hydrogens (tertiary/aromatic N) is 1. The smallest absolute Gasteiger partial charge is 0.251 e. The van der Waals surface area contributed by atoms with Crippen LogP contribution in [0.2, 0.25) is 0 Å². The largest absolute Gasteiger partial charge is 0.349 e. The number of halogens is 1. The SMILES string of the molecule is CSCC(C)NC(=O)c1cccc(-c2nc(CCl)cs2)c1. The van der Waals surface area contributed by atoms with Crippen LogP contribution in [0.3, 0.4) is 0 Å². The molecule has 0 radical (unpaired) electrons. The Morgan fingerprint density at radius 3 is 3.00 bits per heavy atom. The first kappa shape index (κ1) is 16.3. The zero-order chi connectivity index (χ0) is 15.2. The standard InChI is InChI=1S/C15H17ClN2OS2/c1-10(8-20-2)17-14(19)11-4-3-5-12(6-11)15-18-13(7-16)9-21-15/h3-6,9-10H,7-8H2,1-2H3,(H,17,19). The van der Waals surface area contributed by atoms with Crippen molar-refractivity contribution in [1.82, 2.24) is 10.3 Å². The number of amides is 1. The van der Waals surface area contributed by atoms with Crippen molar-refractivity contribution >= 4 is 40.6 Å². The molecule has 1 atom stereocenters. The average Bonchev–Trinajstić information content (AvgIpc) is 2.96. The van der Waals surface area contributed by atoms with Crippen LogP contribution in [0.1, 0.15) is 23.0 Å². The summed E-state index contributed by atoms with van der Waals surface area (Å²) in [7, 11) is 0. The summed E-state index contributed by atoms with van der Waals surface area (Å²) in [6.07, 6.45) is 2.03. The molecule has 112 valence electrons. The Balaban J connectivity index is 2.15. The number of hydrogen-bond donors (Lipinski definition) is 1. The maximum Gasteiger partial charge on any atom is 0.251 e. The van der Waals surface area contributed by atoms with Crippen LogP contribution in [0.25, 0.3) is 10.6 Å². The van der Waals surface area contributed by atoms with Crippen molar-refractivity contribution in [2.24, 2.45) is 0 Å². The molecular weight excluding hydrogens is 324 g/mol. The highest BCUT2D eigenvalue weighted by atomic mass is 35.5. The van der Waals surface area contributed by atoms with Crippen molar-refractivity contribution in [3.05, 3.63) is 40.9 Å². The van der Waals surface area contributed by atoms with Crippen molar-refractivity contribution < 1.29 is 4.79 Å². The Labute approximate surface area is 138 Å². The molecule has 1 unspecified atom stereocenters. The third-order valence-corrected chi connectivity index (χ3v) is 4.90. The summed E-state index contributed by atoms with van der Waals surface area (Å²) in [6, 6.07) is 7.68. The molecule has 1 heterocycles. The van der Waals surface area contributed by atoms with Crippen LogP contribution in [0.4, 0.5) is 0 Å². The third kappa shape index (κ3) is 4.46. The number of carbonyl (C=O) groups is 1. The molecule has 21 heavy (non-hydrogen) atoms. The van der Waals surface area contributed by atoms with Gasteiger partial charge in [0.25, 0.3) is 5.91 Å². The molecule has 1 aromatic heterocycles. The Kier molecular flexibility index (Phi) is 6.08. The van der Waals surface area contributed by atoms with E-state index in [2.05, 4.69) is 10.3 Å². The van der Waals surface area contributed by atoms with Gasteiger partial charge in [0.1, 0.15) is 5.01 Å². The molecule has 1 amide bonds. The van der Waals surface area contributed by atoms with E-state index in [0.717, 1.165) is 22.0 Å². The van der Waals surface area contributed by atoms with Crippen LogP contribution in [-0.2, 0) is 5.88 Å². The lowest BCUT2D eigenvalue weighted by atomic mass is 10.1. The lowest BCUT2D eigenvalue weighted by Gasteiger charge is -2.12. The van der Waals surface area contributed by atoms with E-state index >= 15 is 0 Å². The predicted molar refractivity (Wildman–Crippen MR) is 92.4 cm³/mol. The molecule has 2 aromatic rings. The second kappa shape index (κ2) is 7.82. The van der Waals surface area contributed by atoms with Gasteiger partial charge in [-0.2, -0.15) is 11.8 Å². The molecular formula is C15H17ClN2OS2. The average molecular weight is 341 g/mol. The van der Waals surface area contributed by atoms with E-state index in [0.29, 0.717) is 11.4 Å². The number of rotatable bonds is 6. The van der Waals surface area contributed by atoms with Crippen molar-refractivity contribution in [3.8, 4) is 10.6 Å². The van der Waals surface area contributed by atoms with Crippen LogP contribution in [0, 0.1) is 0 Å². The summed E-state index contributed by atoms with van der Waals surface area (Å²) in [5.74, 6) is 1.26. The summed E-state index contributed by atoms with van der Waals surface area (Å²) < 4.78 is 0. The summed E-state index contributed by atoms with van der Waals surface area (Å²) in [6.45, 7) is 2.01. The number of benzene rings is 1. The van der Waals surface area contributed by atoms with Crippen LogP contribution in [-0.4, -0.2) is 28.9 Å². The number of carbonyl (C=O) groups excluding carboxylic acids is 1. The highest BCUT2D eigenvalue weighted by molar-refractivity contribution is 7.98. The van der Waals surface area contributed by atoms with Crippen LogP contribution >= 0.6 is 34.7 Å². The van der Waals surface area contributed by atoms with Crippen molar-refractivity contribution in [2.75, 3.05) is 12.0 Å². The van der Waals surface area contributed by atoms with Gasteiger partial charge in [-0.1, -0.05) is 12.1 Å². The number of aromatic nitrogens is 1. The van der Waals surface area contributed by atoms with Crippen LogP contribution < -0.4 is 5.32 Å². The van der Waals surface area contributed by atoms with E-state index in [-0.39, 0.29) is 11.9 Å². The normalized spacial score (nSPS) is 12.1. The second-order valence-corrected chi connectivity index (χ2v) is 6.72. The molecule has 0 saturated heterocycles. The topological polar surface area (TPSA) is 42.0 Å². The van der Waals surface area contributed by atoms with Crippen LogP contribution in [0.5, 0.6) is 0 Å². The van der Waals surface area contributed by atoms with E-state index in [4.69, 9.17) is 11.6 Å². The van der Waals surface area contributed by atoms with Gasteiger partial charge in [-0.25, -0.2) is 4.98 Å². The second-order valence-electron chi connectivity index (χ2n) is 4.69. The minimum absolute atomic E-state index is 0.0486. The van der Waals surface area contributed by atoms with Gasteiger partial charge < -0.3 is 5.32 Å². The first-order valence-electron chi connectivity index (χ1n) is 6.54. The lowest BCUT2D eigenvalue weighted by Crippen LogP contribution is -2.34. The number of thiazole rings is 1. The van der Waals surface area contributed by atoms with Gasteiger partial charge in [0.15, 0.2) is 0 Å². The Bertz CT molecular complexity index is 615. The molecule has 0 bridgehead atoms. The van der Waals surface area contributed by atoms with Gasteiger partial charge in [0.05, 0.1) is 11.6 Å². The number of nitrogens with one attached hydrogen (secondary N) is 1. The van der Waals surface area contributed by atoms with E-state index in [9.17, 15) is 4.79 Å². The predicted octanol–water partition coefficient (Wildman–Crippen LogP) is 4.03. The zero-order valence-corrected chi connectivity index (χ0v) is 14.3. The summed E-state index contributed by atoms with van der Waals surface area (Å²) in [5, 5.41) is 5.82. The minimum Gasteiger partial charge on any atom is -0.349 e. The number of alkyl halides is 1. The van der Waals surface area contributed by atoms with Gasteiger partial charge in [-0.3, -0.25) is 4.79 Å². The van der Waals surface area contributed by atoms with Crippen molar-refractivity contribution in [1.29, 1.82) is 0 Å². The summed E-state index contributed by atoms with van der Waals surface area (Å²) >= 11 is 9.03. The van der Waals surface area contributed by atoms with Crippen molar-refractivity contribution in [2.45, 2.75) is 18.8 Å². The monoisotopic (exact) mass is 340 g/mol. The first-order valence-corrected chi connectivity index (χ1v) is 9.35. The third-order valence-electron chi connectivity index (χ3n) is 2.85. The molecule has 0 aliphatic carbocycles. The molecule has 3 nitrogen and oxygen atoms in total. The van der Waals surface area contributed by atoms with Gasteiger partial charge in [-0.15, -0.1) is 22.9 Å². The fraction of sp³-hybridized carbons (Fsp3) is 0.333. The molecule has 1 aromatic carbocycles. The lowest BCUT2D eigenvalue weighted by molar-refractivity contribution is 0.0944.